The van der Waals surface area contributed by atoms with Gasteiger partial charge in [-0.05, 0) is 36.2 Å². The molecule has 0 radical (unpaired) electrons. The second-order valence-corrected chi connectivity index (χ2v) is 8.79. The predicted molar refractivity (Wildman–Crippen MR) is 84.0 cm³/mol. The monoisotopic (exact) mass is 322 g/mol. The van der Waals surface area contributed by atoms with Gasteiger partial charge in [0.25, 0.3) is 10.1 Å². The third kappa shape index (κ3) is 2.22. The van der Waals surface area contributed by atoms with E-state index in [0.717, 1.165) is 12.0 Å². The Morgan fingerprint density at radius 1 is 1.23 bits per heavy atom. The molecule has 5 heteroatoms. The molecule has 1 N–H and O–H groups in total. The van der Waals surface area contributed by atoms with E-state index in [1.807, 2.05) is 44.2 Å². The molecule has 0 aliphatic heterocycles. The van der Waals surface area contributed by atoms with Crippen LogP contribution >= 0.6 is 0 Å². The van der Waals surface area contributed by atoms with Gasteiger partial charge >= 0.3 is 0 Å². The van der Waals surface area contributed by atoms with Crippen LogP contribution in [0.3, 0.4) is 0 Å². The Labute approximate surface area is 131 Å². The van der Waals surface area contributed by atoms with Crippen LogP contribution in [-0.2, 0) is 21.3 Å². The average molecular weight is 322 g/mol. The molecule has 3 unspecified atom stereocenters. The highest BCUT2D eigenvalue weighted by Gasteiger charge is 2.69. The van der Waals surface area contributed by atoms with E-state index in [1.165, 1.54) is 0 Å². The van der Waals surface area contributed by atoms with Crippen LogP contribution in [0.2, 0.25) is 0 Å². The first-order valence-electron chi connectivity index (χ1n) is 7.71. The van der Waals surface area contributed by atoms with Gasteiger partial charge in [0.2, 0.25) is 0 Å². The van der Waals surface area contributed by atoms with E-state index in [9.17, 15) is 17.8 Å². The zero-order chi connectivity index (χ0) is 16.2. The summed E-state index contributed by atoms with van der Waals surface area (Å²) in [7, 11) is -4.17. The van der Waals surface area contributed by atoms with Gasteiger partial charge in [-0.25, -0.2) is 0 Å². The van der Waals surface area contributed by atoms with Gasteiger partial charge in [-0.3, -0.25) is 9.35 Å². The Kier molecular flexibility index (Phi) is 3.49. The quantitative estimate of drug-likeness (QED) is 0.865. The lowest BCUT2D eigenvalue weighted by Gasteiger charge is -2.35. The number of benzene rings is 1. The molecule has 0 aromatic heterocycles. The molecule has 2 aliphatic carbocycles. The summed E-state index contributed by atoms with van der Waals surface area (Å²) in [4.78, 5) is 13.0. The van der Waals surface area contributed by atoms with E-state index < -0.39 is 21.3 Å². The Balaban J connectivity index is 1.96. The minimum atomic E-state index is -4.17. The van der Waals surface area contributed by atoms with Crippen LogP contribution in [0.15, 0.2) is 30.3 Å². The van der Waals surface area contributed by atoms with E-state index in [4.69, 9.17) is 0 Å². The number of hydrogen-bond donors (Lipinski definition) is 1. The molecule has 1 aromatic carbocycles. The third-order valence-electron chi connectivity index (χ3n) is 6.06. The highest BCUT2D eigenvalue weighted by molar-refractivity contribution is 7.85. The fraction of sp³-hybridized carbons (Fsp3) is 0.588. The van der Waals surface area contributed by atoms with Crippen LogP contribution in [0, 0.1) is 22.7 Å². The largest absolute Gasteiger partial charge is 0.299 e. The number of ketones is 1. The number of fused-ring (bicyclic) bond motifs is 2. The van der Waals surface area contributed by atoms with Crippen molar-refractivity contribution in [2.24, 2.45) is 22.7 Å². The molecule has 2 saturated carbocycles. The zero-order valence-corrected chi connectivity index (χ0v) is 13.8. The van der Waals surface area contributed by atoms with Crippen molar-refractivity contribution < 1.29 is 17.8 Å². The second-order valence-electron chi connectivity index (χ2n) is 7.34. The molecular formula is C17H22O4S. The first-order chi connectivity index (χ1) is 10.2. The molecule has 1 aromatic rings. The van der Waals surface area contributed by atoms with Crippen LogP contribution in [0.1, 0.15) is 32.3 Å². The van der Waals surface area contributed by atoms with Crippen LogP contribution < -0.4 is 0 Å². The van der Waals surface area contributed by atoms with Crippen molar-refractivity contribution in [3.8, 4) is 0 Å². The molecule has 22 heavy (non-hydrogen) atoms. The SMILES string of the molecule is CC1(C)C2CCC1(CS(=O)(=O)O)C(=O)C2Cc1ccccc1. The van der Waals surface area contributed by atoms with Crippen LogP contribution in [0.4, 0.5) is 0 Å². The Morgan fingerprint density at radius 2 is 1.86 bits per heavy atom. The molecule has 0 amide bonds. The van der Waals surface area contributed by atoms with Crippen molar-refractivity contribution >= 4 is 15.9 Å². The van der Waals surface area contributed by atoms with E-state index in [1.54, 1.807) is 0 Å². The first-order valence-corrected chi connectivity index (χ1v) is 9.32. The van der Waals surface area contributed by atoms with E-state index in [-0.39, 0.29) is 23.0 Å². The molecule has 2 bridgehead atoms. The van der Waals surface area contributed by atoms with Gasteiger partial charge in [-0.1, -0.05) is 44.2 Å². The zero-order valence-electron chi connectivity index (χ0n) is 13.0. The fourth-order valence-corrected chi connectivity index (χ4v) is 6.15. The Morgan fingerprint density at radius 3 is 2.45 bits per heavy atom. The van der Waals surface area contributed by atoms with Crippen molar-refractivity contribution in [1.82, 2.24) is 0 Å². The van der Waals surface area contributed by atoms with Gasteiger partial charge in [0.1, 0.15) is 5.78 Å². The summed E-state index contributed by atoms with van der Waals surface area (Å²) in [5, 5.41) is 0. The van der Waals surface area contributed by atoms with Crippen molar-refractivity contribution in [3.63, 3.8) is 0 Å². The lowest BCUT2D eigenvalue weighted by Crippen LogP contribution is -2.43. The van der Waals surface area contributed by atoms with Crippen molar-refractivity contribution in [2.45, 2.75) is 33.1 Å². The third-order valence-corrected chi connectivity index (χ3v) is 6.92. The molecule has 0 spiro atoms. The summed E-state index contributed by atoms with van der Waals surface area (Å²) >= 11 is 0. The van der Waals surface area contributed by atoms with Gasteiger partial charge in [-0.15, -0.1) is 0 Å². The maximum atomic E-state index is 13.0. The molecule has 0 saturated heterocycles. The van der Waals surface area contributed by atoms with Crippen molar-refractivity contribution in [2.75, 3.05) is 5.75 Å². The van der Waals surface area contributed by atoms with Gasteiger partial charge in [-0.2, -0.15) is 8.42 Å². The molecule has 2 aliphatic rings. The molecule has 2 fully saturated rings. The first kappa shape index (κ1) is 15.7. The highest BCUT2D eigenvalue weighted by Crippen LogP contribution is 2.66. The van der Waals surface area contributed by atoms with Gasteiger partial charge < -0.3 is 0 Å². The minimum absolute atomic E-state index is 0.0234. The summed E-state index contributed by atoms with van der Waals surface area (Å²) in [6, 6.07) is 9.84. The number of Topliss-reactive ketones (excluding diaryl/α,β-unsaturated/α-hetero) is 1. The van der Waals surface area contributed by atoms with Crippen molar-refractivity contribution in [1.29, 1.82) is 0 Å². The normalized spacial score (nSPS) is 33.3. The molecule has 3 rings (SSSR count). The maximum Gasteiger partial charge on any atom is 0.265 e. The molecular weight excluding hydrogens is 300 g/mol. The molecule has 3 atom stereocenters. The minimum Gasteiger partial charge on any atom is -0.299 e. The van der Waals surface area contributed by atoms with Crippen LogP contribution in [0.25, 0.3) is 0 Å². The van der Waals surface area contributed by atoms with E-state index in [0.29, 0.717) is 12.8 Å². The van der Waals surface area contributed by atoms with E-state index in [2.05, 4.69) is 0 Å². The van der Waals surface area contributed by atoms with E-state index >= 15 is 0 Å². The molecule has 0 heterocycles. The lowest BCUT2D eigenvalue weighted by molar-refractivity contribution is -0.131. The smallest absolute Gasteiger partial charge is 0.265 e. The average Bonchev–Trinajstić information content (AvgIpc) is 2.73. The highest BCUT2D eigenvalue weighted by atomic mass is 32.2. The fourth-order valence-electron chi connectivity index (χ4n) is 4.87. The van der Waals surface area contributed by atoms with Gasteiger partial charge in [0, 0.05) is 5.92 Å². The second kappa shape index (κ2) is 4.90. The van der Waals surface area contributed by atoms with Crippen LogP contribution in [0.5, 0.6) is 0 Å². The summed E-state index contributed by atoms with van der Waals surface area (Å²) in [5.41, 5.74) is -0.212. The Hall–Kier alpha value is -1.20. The summed E-state index contributed by atoms with van der Waals surface area (Å²) in [6.07, 6.45) is 2.07. The number of rotatable bonds is 4. The number of carbonyl (C=O) groups excluding carboxylic acids is 1. The lowest BCUT2D eigenvalue weighted by atomic mass is 9.70. The van der Waals surface area contributed by atoms with Gasteiger partial charge in [0.15, 0.2) is 0 Å². The summed E-state index contributed by atoms with van der Waals surface area (Å²) < 4.78 is 32.3. The molecule has 4 nitrogen and oxygen atoms in total. The molecule has 120 valence electrons. The number of hydrogen-bond acceptors (Lipinski definition) is 3. The van der Waals surface area contributed by atoms with Crippen molar-refractivity contribution in [3.05, 3.63) is 35.9 Å². The predicted octanol–water partition coefficient (Wildman–Crippen LogP) is 2.74. The van der Waals surface area contributed by atoms with Crippen LogP contribution in [-0.4, -0.2) is 24.5 Å². The Bertz CT molecular complexity index is 693. The topological polar surface area (TPSA) is 71.4 Å². The number of carbonyl (C=O) groups is 1. The standard InChI is InChI=1S/C17H22O4S/c1-16(2)14-8-9-17(16,11-22(19,20)21)15(18)13(14)10-12-6-4-3-5-7-12/h3-7,13-14H,8-11H2,1-2H3,(H,19,20,21). The maximum absolute atomic E-state index is 13.0. The summed E-state index contributed by atoms with van der Waals surface area (Å²) in [6.45, 7) is 3.97. The summed E-state index contributed by atoms with van der Waals surface area (Å²) in [5.74, 6) is -0.377. The van der Waals surface area contributed by atoms with Gasteiger partial charge in [0.05, 0.1) is 11.2 Å².